The molecule has 0 fully saturated rings. The molecule has 0 heterocycles. The van der Waals surface area contributed by atoms with Crippen LogP contribution in [0.25, 0.3) is 0 Å². The molecule has 0 aliphatic rings. The molecule has 0 radical (unpaired) electrons. The van der Waals surface area contributed by atoms with Gasteiger partial charge in [0.15, 0.2) is 0 Å². The van der Waals surface area contributed by atoms with Crippen molar-refractivity contribution in [3.63, 3.8) is 0 Å². The highest BCUT2D eigenvalue weighted by Crippen LogP contribution is 2.24. The van der Waals surface area contributed by atoms with E-state index in [4.69, 9.17) is 14.2 Å². The molecule has 0 saturated carbocycles. The van der Waals surface area contributed by atoms with Crippen molar-refractivity contribution < 1.29 is 32.2 Å². The molecular weight excluding hydrogens is 398 g/mol. The smallest absolute Gasteiger partial charge is 0.340 e. The van der Waals surface area contributed by atoms with Gasteiger partial charge < -0.3 is 14.2 Å². The Morgan fingerprint density at radius 1 is 0.862 bits per heavy atom. The minimum Gasteiger partial charge on any atom is -0.494 e. The predicted molar refractivity (Wildman–Crippen MR) is 107 cm³/mol. The van der Waals surface area contributed by atoms with E-state index in [1.807, 2.05) is 6.92 Å². The number of ether oxygens (including phenoxy) is 3. The van der Waals surface area contributed by atoms with Gasteiger partial charge in [0.1, 0.15) is 5.75 Å². The van der Waals surface area contributed by atoms with E-state index in [2.05, 4.69) is 4.72 Å². The monoisotopic (exact) mass is 421 g/mol. The number of benzene rings is 2. The first-order valence-corrected chi connectivity index (χ1v) is 10.5. The zero-order valence-corrected chi connectivity index (χ0v) is 17.2. The van der Waals surface area contributed by atoms with Gasteiger partial charge in [-0.25, -0.2) is 18.0 Å². The van der Waals surface area contributed by atoms with Crippen LogP contribution in [0, 0.1) is 0 Å². The van der Waals surface area contributed by atoms with Crippen LogP contribution in [-0.2, 0) is 19.5 Å². The number of hydrogen-bond donors (Lipinski definition) is 1. The Hall–Kier alpha value is -3.07. The van der Waals surface area contributed by atoms with Gasteiger partial charge in [-0.05, 0) is 63.2 Å². The van der Waals surface area contributed by atoms with E-state index in [-0.39, 0.29) is 34.9 Å². The lowest BCUT2D eigenvalue weighted by Gasteiger charge is -2.14. The van der Waals surface area contributed by atoms with Gasteiger partial charge in [0.05, 0.1) is 41.5 Å². The summed E-state index contributed by atoms with van der Waals surface area (Å²) in [6, 6.07) is 9.76. The lowest BCUT2D eigenvalue weighted by atomic mass is 10.1. The largest absolute Gasteiger partial charge is 0.494 e. The van der Waals surface area contributed by atoms with Crippen LogP contribution in [0.15, 0.2) is 47.4 Å². The normalized spacial score (nSPS) is 10.9. The fraction of sp³-hybridized carbons (Fsp3) is 0.300. The molecule has 8 nitrogen and oxygen atoms in total. The number of sulfonamides is 1. The van der Waals surface area contributed by atoms with Gasteiger partial charge in [0.2, 0.25) is 0 Å². The second-order valence-electron chi connectivity index (χ2n) is 5.71. The third-order valence-electron chi connectivity index (χ3n) is 3.72. The van der Waals surface area contributed by atoms with Gasteiger partial charge in [-0.15, -0.1) is 0 Å². The van der Waals surface area contributed by atoms with Crippen molar-refractivity contribution in [3.05, 3.63) is 53.6 Å². The average molecular weight is 421 g/mol. The molecule has 2 rings (SSSR count). The summed E-state index contributed by atoms with van der Waals surface area (Å²) in [6.07, 6.45) is 0. The third kappa shape index (κ3) is 5.71. The highest BCUT2D eigenvalue weighted by atomic mass is 32.2. The topological polar surface area (TPSA) is 108 Å². The molecule has 0 aliphatic carbocycles. The van der Waals surface area contributed by atoms with E-state index in [1.54, 1.807) is 13.8 Å². The molecule has 0 aliphatic heterocycles. The maximum absolute atomic E-state index is 12.8. The van der Waals surface area contributed by atoms with E-state index in [0.717, 1.165) is 0 Å². The van der Waals surface area contributed by atoms with Crippen molar-refractivity contribution >= 4 is 27.6 Å². The van der Waals surface area contributed by atoms with Crippen molar-refractivity contribution in [1.29, 1.82) is 0 Å². The Balaban J connectivity index is 2.42. The number of hydrogen-bond acceptors (Lipinski definition) is 7. The molecule has 0 amide bonds. The molecule has 0 saturated heterocycles. The lowest BCUT2D eigenvalue weighted by Crippen LogP contribution is -2.17. The highest BCUT2D eigenvalue weighted by molar-refractivity contribution is 7.92. The van der Waals surface area contributed by atoms with Crippen molar-refractivity contribution in [2.75, 3.05) is 24.5 Å². The van der Waals surface area contributed by atoms with Crippen LogP contribution < -0.4 is 9.46 Å². The second kappa shape index (κ2) is 9.92. The number of anilines is 1. The molecule has 0 aromatic heterocycles. The molecule has 1 N–H and O–H groups in total. The third-order valence-corrected chi connectivity index (χ3v) is 5.10. The summed E-state index contributed by atoms with van der Waals surface area (Å²) in [5, 5.41) is 0. The van der Waals surface area contributed by atoms with E-state index < -0.39 is 22.0 Å². The van der Waals surface area contributed by atoms with Crippen LogP contribution in [0.3, 0.4) is 0 Å². The number of rotatable bonds is 9. The van der Waals surface area contributed by atoms with E-state index in [0.29, 0.717) is 12.4 Å². The van der Waals surface area contributed by atoms with Gasteiger partial charge in [-0.2, -0.15) is 0 Å². The first-order chi connectivity index (χ1) is 13.8. The Bertz CT molecular complexity index is 969. The van der Waals surface area contributed by atoms with Crippen LogP contribution in [0.2, 0.25) is 0 Å². The average Bonchev–Trinajstić information content (AvgIpc) is 2.68. The number of carbonyl (C=O) groups excluding carboxylic acids is 2. The maximum atomic E-state index is 12.8. The first-order valence-electron chi connectivity index (χ1n) is 9.06. The number of carbonyl (C=O) groups is 2. The standard InChI is InChI=1S/C20H23NO7S/c1-4-26-15-8-10-16(11-9-15)29(24,25)21-18-13-14(19(22)27-5-2)7-12-17(18)20(23)28-6-3/h7-13,21H,4-6H2,1-3H3. The first kappa shape index (κ1) is 22.2. The van der Waals surface area contributed by atoms with Gasteiger partial charge >= 0.3 is 11.9 Å². The summed E-state index contributed by atoms with van der Waals surface area (Å²) >= 11 is 0. The fourth-order valence-electron chi connectivity index (χ4n) is 2.44. The van der Waals surface area contributed by atoms with Crippen molar-refractivity contribution in [1.82, 2.24) is 0 Å². The highest BCUT2D eigenvalue weighted by Gasteiger charge is 2.21. The Kier molecular flexibility index (Phi) is 7.60. The molecule has 156 valence electrons. The van der Waals surface area contributed by atoms with Crippen LogP contribution >= 0.6 is 0 Å². The van der Waals surface area contributed by atoms with Crippen molar-refractivity contribution in [3.8, 4) is 5.75 Å². The molecule has 0 bridgehead atoms. The summed E-state index contributed by atoms with van der Waals surface area (Å²) in [5.74, 6) is -0.820. The minimum atomic E-state index is -4.04. The number of esters is 2. The molecule has 0 spiro atoms. The van der Waals surface area contributed by atoms with Gasteiger partial charge in [-0.1, -0.05) is 0 Å². The van der Waals surface area contributed by atoms with Crippen molar-refractivity contribution in [2.45, 2.75) is 25.7 Å². The lowest BCUT2D eigenvalue weighted by molar-refractivity contribution is 0.0512. The Labute approximate surface area is 169 Å². The fourth-order valence-corrected chi connectivity index (χ4v) is 3.51. The van der Waals surface area contributed by atoms with Crippen LogP contribution in [-0.4, -0.2) is 40.2 Å². The maximum Gasteiger partial charge on any atom is 0.340 e. The predicted octanol–water partition coefficient (Wildman–Crippen LogP) is 3.24. The molecule has 2 aromatic rings. The van der Waals surface area contributed by atoms with Crippen LogP contribution in [0.1, 0.15) is 41.5 Å². The quantitative estimate of drug-likeness (QED) is 0.619. The summed E-state index contributed by atoms with van der Waals surface area (Å²) in [4.78, 5) is 24.2. The van der Waals surface area contributed by atoms with Gasteiger partial charge in [0, 0.05) is 0 Å². The Morgan fingerprint density at radius 3 is 2.07 bits per heavy atom. The summed E-state index contributed by atoms with van der Waals surface area (Å²) in [5.41, 5.74) is 0.00147. The van der Waals surface area contributed by atoms with Crippen LogP contribution in [0.5, 0.6) is 5.75 Å². The summed E-state index contributed by atoms with van der Waals surface area (Å²) in [7, 11) is -4.04. The van der Waals surface area contributed by atoms with E-state index in [9.17, 15) is 18.0 Å². The van der Waals surface area contributed by atoms with E-state index in [1.165, 1.54) is 42.5 Å². The zero-order chi connectivity index (χ0) is 21.4. The summed E-state index contributed by atoms with van der Waals surface area (Å²) in [6.45, 7) is 5.83. The molecular formula is C20H23NO7S. The molecule has 0 unspecified atom stereocenters. The molecule has 0 atom stereocenters. The van der Waals surface area contributed by atoms with Crippen molar-refractivity contribution in [2.24, 2.45) is 0 Å². The van der Waals surface area contributed by atoms with Gasteiger partial charge in [0.25, 0.3) is 10.0 Å². The van der Waals surface area contributed by atoms with Crippen LogP contribution in [0.4, 0.5) is 5.69 Å². The molecule has 9 heteroatoms. The molecule has 2 aromatic carbocycles. The number of nitrogens with one attached hydrogen (secondary N) is 1. The van der Waals surface area contributed by atoms with Gasteiger partial charge in [-0.3, -0.25) is 4.72 Å². The van der Waals surface area contributed by atoms with E-state index >= 15 is 0 Å². The SMILES string of the molecule is CCOC(=O)c1ccc(C(=O)OCC)c(NS(=O)(=O)c2ccc(OCC)cc2)c1. The zero-order valence-electron chi connectivity index (χ0n) is 16.4. The minimum absolute atomic E-state index is 0.0191. The second-order valence-corrected chi connectivity index (χ2v) is 7.39. The summed E-state index contributed by atoms with van der Waals surface area (Å²) < 4.78 is 43.1. The molecule has 29 heavy (non-hydrogen) atoms. The Morgan fingerprint density at radius 2 is 1.48 bits per heavy atom.